The lowest BCUT2D eigenvalue weighted by molar-refractivity contribution is 0.565. The van der Waals surface area contributed by atoms with Crippen molar-refractivity contribution in [2.24, 2.45) is 0 Å². The van der Waals surface area contributed by atoms with Crippen molar-refractivity contribution in [1.29, 1.82) is 0 Å². The Bertz CT molecular complexity index is 174. The highest BCUT2D eigenvalue weighted by Gasteiger charge is 1.98. The first-order chi connectivity index (χ1) is 3.06. The van der Waals surface area contributed by atoms with Crippen LogP contribution < -0.4 is 0 Å². The molecule has 0 aromatic heterocycles. The molecule has 0 aliphatic rings. The first-order valence-electron chi connectivity index (χ1n) is 1.34. The second-order valence-corrected chi connectivity index (χ2v) is 3.85. The Balaban J connectivity index is 3.92. The third-order valence-electron chi connectivity index (χ3n) is 0.228. The summed E-state index contributed by atoms with van der Waals surface area (Å²) in [5, 5.41) is 0. The lowest BCUT2D eigenvalue weighted by atomic mass is 11.5. The maximum atomic E-state index is 9.94. The van der Waals surface area contributed by atoms with Crippen LogP contribution in [0, 0.1) is 6.57 Å². The van der Waals surface area contributed by atoms with Crippen LogP contribution in [0.4, 0.5) is 0 Å². The van der Waals surface area contributed by atoms with Gasteiger partial charge in [0.05, 0.1) is 0 Å². The second-order valence-electron chi connectivity index (χ2n) is 0.869. The molecule has 0 bridgehead atoms. The fourth-order valence-electron chi connectivity index (χ4n) is 0.0816. The Kier molecular flexibility index (Phi) is 2.15. The fourth-order valence-corrected chi connectivity index (χ4v) is 0.403. The van der Waals surface area contributed by atoms with Crippen molar-refractivity contribution in [3.63, 3.8) is 0 Å². The van der Waals surface area contributed by atoms with Gasteiger partial charge in [0, 0.05) is 11.2 Å². The van der Waals surface area contributed by atoms with Crippen molar-refractivity contribution in [2.45, 2.75) is 0 Å². The Labute approximate surface area is 46.7 Å². The Morgan fingerprint density at radius 2 is 2.43 bits per heavy atom. The molecule has 0 aliphatic heterocycles. The van der Waals surface area contributed by atoms with Crippen molar-refractivity contribution in [1.82, 2.24) is 0 Å². The lowest BCUT2D eigenvalue weighted by Crippen LogP contribution is -1.95. The summed E-state index contributed by atoms with van der Waals surface area (Å²) in [6.45, 7) is 6.08. The molecule has 0 aliphatic carbocycles. The zero-order valence-electron chi connectivity index (χ0n) is 3.33. The van der Waals surface area contributed by atoms with Crippen LogP contribution in [0.1, 0.15) is 0 Å². The van der Waals surface area contributed by atoms with Crippen LogP contribution in [-0.4, -0.2) is 14.6 Å². The molecule has 0 saturated carbocycles. The van der Waals surface area contributed by atoms with Crippen LogP contribution in [-0.2, 0) is 20.0 Å². The summed E-state index contributed by atoms with van der Waals surface area (Å²) in [6.07, 6.45) is 0. The summed E-state index contributed by atoms with van der Waals surface area (Å²) in [5.41, 5.74) is 0. The summed E-state index contributed by atoms with van der Waals surface area (Å²) >= 11 is 3.95. The van der Waals surface area contributed by atoms with Crippen LogP contribution in [0.2, 0.25) is 0 Å². The van der Waals surface area contributed by atoms with Crippen LogP contribution in [0.25, 0.3) is 4.85 Å². The fraction of sp³-hybridized carbons (Fsp3) is 0.500. The van der Waals surface area contributed by atoms with Gasteiger partial charge >= 0.3 is 5.88 Å². The van der Waals surface area contributed by atoms with E-state index in [-0.39, 0.29) is 0 Å². The van der Waals surface area contributed by atoms with Crippen LogP contribution in [0.3, 0.4) is 0 Å². The van der Waals surface area contributed by atoms with E-state index in [0.717, 1.165) is 0 Å². The standard InChI is InChI=1S/C2H3NO2S2/c1-3-2-7(4,5)6/h2H2,(H,4,5,6). The molecule has 1 N–H and O–H groups in total. The van der Waals surface area contributed by atoms with Crippen LogP contribution >= 0.6 is 0 Å². The third kappa shape index (κ3) is 5.82. The van der Waals surface area contributed by atoms with E-state index in [4.69, 9.17) is 11.1 Å². The topological polar surface area (TPSA) is 41.7 Å². The summed E-state index contributed by atoms with van der Waals surface area (Å²) in [4.78, 5) is 2.63. The summed E-state index contributed by atoms with van der Waals surface area (Å²) < 4.78 is 18.1. The van der Waals surface area contributed by atoms with Crippen molar-refractivity contribution < 1.29 is 8.76 Å². The van der Waals surface area contributed by atoms with Crippen molar-refractivity contribution in [2.75, 3.05) is 5.88 Å². The van der Waals surface area contributed by atoms with E-state index in [0.29, 0.717) is 0 Å². The molecule has 1 unspecified atom stereocenters. The Hall–Kier alpha value is -0.180. The molecule has 40 valence electrons. The number of rotatable bonds is 1. The van der Waals surface area contributed by atoms with E-state index >= 15 is 0 Å². The van der Waals surface area contributed by atoms with E-state index in [1.807, 2.05) is 0 Å². The van der Waals surface area contributed by atoms with Gasteiger partial charge in [-0.15, -0.1) is 0 Å². The van der Waals surface area contributed by atoms with Gasteiger partial charge < -0.3 is 4.55 Å². The minimum Gasteiger partial charge on any atom is -0.300 e. The molecule has 0 rings (SSSR count). The zero-order valence-corrected chi connectivity index (χ0v) is 4.96. The molecule has 0 amide bonds. The molecule has 0 spiro atoms. The molecule has 3 nitrogen and oxygen atoms in total. The molecular weight excluding hydrogens is 134 g/mol. The predicted molar refractivity (Wildman–Crippen MR) is 29.6 cm³/mol. The SMILES string of the molecule is [C-]#[N+]CS(=O)(O)=S. The van der Waals surface area contributed by atoms with E-state index in [1.54, 1.807) is 0 Å². The average Bonchev–Trinajstić information content (AvgIpc) is 1.30. The lowest BCUT2D eigenvalue weighted by Gasteiger charge is -1.80. The molecule has 0 fully saturated rings. The maximum absolute atomic E-state index is 9.94. The molecule has 5 heteroatoms. The highest BCUT2D eigenvalue weighted by Crippen LogP contribution is 1.80. The maximum Gasteiger partial charge on any atom is 0.311 e. The minimum absolute atomic E-state index is 0.470. The quantitative estimate of drug-likeness (QED) is 0.520. The van der Waals surface area contributed by atoms with Crippen LogP contribution in [0.15, 0.2) is 0 Å². The van der Waals surface area contributed by atoms with E-state index < -0.39 is 14.6 Å². The normalized spacial score (nSPS) is 17.1. The van der Waals surface area contributed by atoms with E-state index in [2.05, 4.69) is 16.0 Å². The molecular formula is C2H3NO2S2. The minimum atomic E-state index is -3.20. The molecule has 0 aromatic carbocycles. The molecule has 7 heavy (non-hydrogen) atoms. The summed E-state index contributed by atoms with van der Waals surface area (Å²) in [7, 11) is -3.20. The zero-order chi connectivity index (χ0) is 5.91. The van der Waals surface area contributed by atoms with Gasteiger partial charge in [-0.25, -0.2) is 10.8 Å². The van der Waals surface area contributed by atoms with Crippen molar-refractivity contribution in [3.8, 4) is 0 Å². The second kappa shape index (κ2) is 2.21. The van der Waals surface area contributed by atoms with Gasteiger partial charge in [0.2, 0.25) is 8.77 Å². The van der Waals surface area contributed by atoms with Gasteiger partial charge in [-0.1, -0.05) is 0 Å². The first kappa shape index (κ1) is 6.82. The molecule has 0 radical (unpaired) electrons. The molecule has 0 aromatic rings. The summed E-state index contributed by atoms with van der Waals surface area (Å²) in [5.74, 6) is -0.470. The monoisotopic (exact) mass is 137 g/mol. The molecule has 1 atom stereocenters. The van der Waals surface area contributed by atoms with Gasteiger partial charge in [-0.3, -0.25) is 4.85 Å². The van der Waals surface area contributed by atoms with Crippen molar-refractivity contribution in [3.05, 3.63) is 11.4 Å². The third-order valence-corrected chi connectivity index (χ3v) is 0.999. The largest absolute Gasteiger partial charge is 0.311 e. The van der Waals surface area contributed by atoms with E-state index in [9.17, 15) is 4.21 Å². The number of nitrogens with zero attached hydrogens (tertiary/aromatic N) is 1. The number of hydrogen-bond donors (Lipinski definition) is 1. The highest BCUT2D eigenvalue weighted by molar-refractivity contribution is 8.29. The first-order valence-corrected chi connectivity index (χ1v) is 3.95. The van der Waals surface area contributed by atoms with Gasteiger partial charge in [0.15, 0.2) is 0 Å². The Morgan fingerprint density at radius 3 is 2.43 bits per heavy atom. The van der Waals surface area contributed by atoms with Crippen LogP contribution in [0.5, 0.6) is 0 Å². The van der Waals surface area contributed by atoms with E-state index in [1.165, 1.54) is 0 Å². The summed E-state index contributed by atoms with van der Waals surface area (Å²) in [6, 6.07) is 0. The highest BCUT2D eigenvalue weighted by atomic mass is 32.8. The molecule has 0 heterocycles. The Morgan fingerprint density at radius 1 is 2.00 bits per heavy atom. The van der Waals surface area contributed by atoms with Gasteiger partial charge in [-0.2, -0.15) is 0 Å². The van der Waals surface area contributed by atoms with Gasteiger partial charge in [0.1, 0.15) is 0 Å². The average molecular weight is 137 g/mol. The van der Waals surface area contributed by atoms with Gasteiger partial charge in [-0.05, 0) is 0 Å². The van der Waals surface area contributed by atoms with Crippen molar-refractivity contribution >= 4 is 20.0 Å². The smallest absolute Gasteiger partial charge is 0.300 e. The molecule has 0 saturated heterocycles. The predicted octanol–water partition coefficient (Wildman–Crippen LogP) is 0.0825. The van der Waals surface area contributed by atoms with Gasteiger partial charge in [0.25, 0.3) is 0 Å². The number of hydrogen-bond acceptors (Lipinski definition) is 2.